The molecule has 2 aliphatic rings. The van der Waals surface area contributed by atoms with E-state index in [4.69, 9.17) is 17.3 Å². The van der Waals surface area contributed by atoms with Crippen molar-refractivity contribution in [3.05, 3.63) is 28.8 Å². The lowest BCUT2D eigenvalue weighted by Gasteiger charge is -2.36. The van der Waals surface area contributed by atoms with Gasteiger partial charge in [0, 0.05) is 38.3 Å². The van der Waals surface area contributed by atoms with Gasteiger partial charge in [-0.2, -0.15) is 0 Å². The van der Waals surface area contributed by atoms with Gasteiger partial charge in [-0.3, -0.25) is 4.90 Å². The van der Waals surface area contributed by atoms with E-state index >= 15 is 0 Å². The number of piperazine rings is 1. The zero-order valence-corrected chi connectivity index (χ0v) is 12.2. The minimum atomic E-state index is 0.0401. The number of hydrogen-bond acceptors (Lipinski definition) is 3. The van der Waals surface area contributed by atoms with Crippen LogP contribution in [0.5, 0.6) is 0 Å². The monoisotopic (exact) mass is 279 g/mol. The maximum Gasteiger partial charge on any atom is 0.0642 e. The Balaban J connectivity index is 1.69. The van der Waals surface area contributed by atoms with Crippen LogP contribution < -0.4 is 10.6 Å². The average Bonchev–Trinajstić information content (AvgIpc) is 3.23. The first-order valence-corrected chi connectivity index (χ1v) is 7.57. The number of anilines is 1. The van der Waals surface area contributed by atoms with E-state index in [9.17, 15) is 0 Å². The Morgan fingerprint density at radius 1 is 1.21 bits per heavy atom. The Morgan fingerprint density at radius 3 is 2.42 bits per heavy atom. The first-order valence-electron chi connectivity index (χ1n) is 7.19. The van der Waals surface area contributed by atoms with Crippen molar-refractivity contribution < 1.29 is 0 Å². The van der Waals surface area contributed by atoms with Crippen LogP contribution in [0.3, 0.4) is 0 Å². The van der Waals surface area contributed by atoms with Gasteiger partial charge >= 0.3 is 0 Å². The fraction of sp³-hybridized carbons (Fsp3) is 0.600. The molecule has 2 N–H and O–H groups in total. The van der Waals surface area contributed by atoms with Gasteiger partial charge in [0.15, 0.2) is 0 Å². The van der Waals surface area contributed by atoms with E-state index in [1.54, 1.807) is 0 Å². The summed E-state index contributed by atoms with van der Waals surface area (Å²) in [5.74, 6) is 0. The summed E-state index contributed by atoms with van der Waals surface area (Å²) >= 11 is 6.41. The molecule has 1 aliphatic heterocycles. The van der Waals surface area contributed by atoms with E-state index in [1.807, 2.05) is 13.0 Å². The van der Waals surface area contributed by atoms with Crippen LogP contribution in [0, 0.1) is 0 Å². The third-order valence-corrected chi connectivity index (χ3v) is 4.52. The molecule has 0 aromatic heterocycles. The minimum Gasteiger partial charge on any atom is -0.368 e. The number of hydrogen-bond donors (Lipinski definition) is 1. The number of nitrogens with two attached hydrogens (primary N) is 1. The number of nitrogens with zero attached hydrogens (tertiary/aromatic N) is 2. The Hall–Kier alpha value is -0.770. The topological polar surface area (TPSA) is 32.5 Å². The lowest BCUT2D eigenvalue weighted by atomic mass is 10.1. The first-order chi connectivity index (χ1) is 9.15. The van der Waals surface area contributed by atoms with Gasteiger partial charge in [-0.05, 0) is 37.5 Å². The molecule has 1 aliphatic carbocycles. The van der Waals surface area contributed by atoms with Gasteiger partial charge in [-0.1, -0.05) is 17.7 Å². The second kappa shape index (κ2) is 5.31. The van der Waals surface area contributed by atoms with E-state index in [-0.39, 0.29) is 6.04 Å². The third kappa shape index (κ3) is 2.88. The molecule has 4 heteroatoms. The fourth-order valence-corrected chi connectivity index (χ4v) is 3.14. The van der Waals surface area contributed by atoms with Gasteiger partial charge < -0.3 is 10.6 Å². The molecule has 3 nitrogen and oxygen atoms in total. The molecule has 0 amide bonds. The zero-order valence-electron chi connectivity index (χ0n) is 11.5. The zero-order chi connectivity index (χ0) is 13.4. The number of halogens is 1. The molecule has 1 aromatic rings. The van der Waals surface area contributed by atoms with Crippen LogP contribution in [0.1, 0.15) is 31.4 Å². The molecule has 104 valence electrons. The van der Waals surface area contributed by atoms with E-state index in [0.717, 1.165) is 48.5 Å². The van der Waals surface area contributed by atoms with Crippen LogP contribution in [0.4, 0.5) is 5.69 Å². The van der Waals surface area contributed by atoms with Crippen molar-refractivity contribution in [3.63, 3.8) is 0 Å². The largest absolute Gasteiger partial charge is 0.368 e. The molecule has 0 unspecified atom stereocenters. The molecule has 1 atom stereocenters. The van der Waals surface area contributed by atoms with E-state index < -0.39 is 0 Å². The van der Waals surface area contributed by atoms with Gasteiger partial charge in [-0.15, -0.1) is 0 Å². The van der Waals surface area contributed by atoms with Crippen LogP contribution in [0.25, 0.3) is 0 Å². The Kier molecular flexibility index (Phi) is 3.70. The third-order valence-electron chi connectivity index (χ3n) is 4.22. The standard InChI is InChI=1S/C15H22ClN3/c1-11(17)12-2-5-15(14(16)10-12)19-8-6-18(7-9-19)13-3-4-13/h2,5,10-11,13H,3-4,6-9,17H2,1H3/t11-/m0/s1. The second-order valence-corrected chi connectivity index (χ2v) is 6.16. The molecule has 19 heavy (non-hydrogen) atoms. The fourth-order valence-electron chi connectivity index (χ4n) is 2.83. The predicted molar refractivity (Wildman–Crippen MR) is 80.9 cm³/mol. The van der Waals surface area contributed by atoms with Crippen molar-refractivity contribution in [2.75, 3.05) is 31.1 Å². The van der Waals surface area contributed by atoms with Crippen molar-refractivity contribution >= 4 is 17.3 Å². The molecular formula is C15H22ClN3. The van der Waals surface area contributed by atoms with Gasteiger partial charge in [0.1, 0.15) is 0 Å². The smallest absolute Gasteiger partial charge is 0.0642 e. The summed E-state index contributed by atoms with van der Waals surface area (Å²) in [6.45, 7) is 6.47. The molecule has 1 saturated carbocycles. The van der Waals surface area contributed by atoms with Crippen molar-refractivity contribution in [2.45, 2.75) is 31.8 Å². The van der Waals surface area contributed by atoms with Gasteiger partial charge in [-0.25, -0.2) is 0 Å². The quantitative estimate of drug-likeness (QED) is 0.923. The summed E-state index contributed by atoms with van der Waals surface area (Å²) in [5.41, 5.74) is 8.15. The van der Waals surface area contributed by atoms with Crippen molar-refractivity contribution in [2.24, 2.45) is 5.73 Å². The molecule has 3 rings (SSSR count). The highest BCUT2D eigenvalue weighted by atomic mass is 35.5. The first kappa shape index (κ1) is 13.2. The predicted octanol–water partition coefficient (Wildman–Crippen LogP) is 2.64. The highest BCUT2D eigenvalue weighted by molar-refractivity contribution is 6.33. The SMILES string of the molecule is C[C@H](N)c1ccc(N2CCN(C3CC3)CC2)c(Cl)c1. The second-order valence-electron chi connectivity index (χ2n) is 5.75. The van der Waals surface area contributed by atoms with E-state index in [2.05, 4.69) is 21.9 Å². The average molecular weight is 280 g/mol. The summed E-state index contributed by atoms with van der Waals surface area (Å²) in [6, 6.07) is 7.14. The highest BCUT2D eigenvalue weighted by Crippen LogP contribution is 2.32. The van der Waals surface area contributed by atoms with Crippen LogP contribution in [-0.4, -0.2) is 37.1 Å². The minimum absolute atomic E-state index is 0.0401. The maximum absolute atomic E-state index is 6.41. The molecule has 1 saturated heterocycles. The van der Waals surface area contributed by atoms with Crippen molar-refractivity contribution in [1.29, 1.82) is 0 Å². The van der Waals surface area contributed by atoms with Gasteiger partial charge in [0.05, 0.1) is 10.7 Å². The molecule has 0 bridgehead atoms. The molecule has 2 fully saturated rings. The lowest BCUT2D eigenvalue weighted by Crippen LogP contribution is -2.47. The lowest BCUT2D eigenvalue weighted by molar-refractivity contribution is 0.248. The van der Waals surface area contributed by atoms with E-state index in [0.29, 0.717) is 0 Å². The molecule has 1 heterocycles. The summed E-state index contributed by atoms with van der Waals surface area (Å²) < 4.78 is 0. The number of rotatable bonds is 3. The molecule has 1 aromatic carbocycles. The van der Waals surface area contributed by atoms with E-state index in [1.165, 1.54) is 12.8 Å². The van der Waals surface area contributed by atoms with Crippen LogP contribution in [0.2, 0.25) is 5.02 Å². The summed E-state index contributed by atoms with van der Waals surface area (Å²) in [7, 11) is 0. The van der Waals surface area contributed by atoms with Gasteiger partial charge in [0.2, 0.25) is 0 Å². The molecule has 0 radical (unpaired) electrons. The van der Waals surface area contributed by atoms with Crippen LogP contribution in [0.15, 0.2) is 18.2 Å². The van der Waals surface area contributed by atoms with Crippen LogP contribution in [-0.2, 0) is 0 Å². The maximum atomic E-state index is 6.41. The normalized spacial score (nSPS) is 22.6. The summed E-state index contributed by atoms with van der Waals surface area (Å²) in [6.07, 6.45) is 2.79. The van der Waals surface area contributed by atoms with Crippen molar-refractivity contribution in [1.82, 2.24) is 4.90 Å². The summed E-state index contributed by atoms with van der Waals surface area (Å²) in [5, 5.41) is 0.828. The Bertz CT molecular complexity index is 449. The van der Waals surface area contributed by atoms with Crippen LogP contribution >= 0.6 is 11.6 Å². The van der Waals surface area contributed by atoms with Gasteiger partial charge in [0.25, 0.3) is 0 Å². The van der Waals surface area contributed by atoms with Crippen molar-refractivity contribution in [3.8, 4) is 0 Å². The molecular weight excluding hydrogens is 258 g/mol. The Labute approximate surface area is 120 Å². The molecule has 0 spiro atoms. The highest BCUT2D eigenvalue weighted by Gasteiger charge is 2.31. The Morgan fingerprint density at radius 2 is 1.89 bits per heavy atom. The summed E-state index contributed by atoms with van der Waals surface area (Å²) in [4.78, 5) is 5.01. The number of benzene rings is 1.